The predicted octanol–water partition coefficient (Wildman–Crippen LogP) is 5.92. The van der Waals surface area contributed by atoms with Gasteiger partial charge >= 0.3 is 0 Å². The van der Waals surface area contributed by atoms with Crippen LogP contribution < -0.4 is 14.5 Å². The highest BCUT2D eigenvalue weighted by atomic mass is 32.2. The molecule has 8 bridgehead atoms. The summed E-state index contributed by atoms with van der Waals surface area (Å²) in [5.74, 6) is 2.43. The molecule has 0 saturated carbocycles. The number of pyridine rings is 1. The second kappa shape index (κ2) is 12.2. The number of anilines is 3. The van der Waals surface area contributed by atoms with Crippen LogP contribution in [-0.4, -0.2) is 66.3 Å². The molecule has 202 valence electrons. The maximum absolute atomic E-state index is 9.18. The summed E-state index contributed by atoms with van der Waals surface area (Å²) in [5.41, 5.74) is 4.65. The fraction of sp³-hybridized carbons (Fsp3) is 0.517. The SMILES string of the molecule is OCCSNc1ccc2c(c1)N1CCC(CC1)OCCCC1CCCN(C1)c1cc(ccn1)-c1ncc-2s1. The Kier molecular flexibility index (Phi) is 8.35. The molecule has 2 N–H and O–H groups in total. The molecule has 1 aromatic carbocycles. The molecule has 2 aromatic heterocycles. The predicted molar refractivity (Wildman–Crippen MR) is 159 cm³/mol. The summed E-state index contributed by atoms with van der Waals surface area (Å²) >= 11 is 3.29. The number of aliphatic hydroxyl groups is 1. The Hall–Kier alpha value is -2.33. The number of fused-ring (bicyclic) bond motifs is 5. The van der Waals surface area contributed by atoms with Gasteiger partial charge in [-0.3, -0.25) is 0 Å². The number of nitrogens with one attached hydrogen (secondary N) is 1. The van der Waals surface area contributed by atoms with Gasteiger partial charge in [-0.1, -0.05) is 11.9 Å². The lowest BCUT2D eigenvalue weighted by Crippen LogP contribution is -2.37. The van der Waals surface area contributed by atoms with Crippen LogP contribution in [0.2, 0.25) is 0 Å². The number of aromatic nitrogens is 2. The normalized spacial score (nSPS) is 21.8. The second-order valence-electron chi connectivity index (χ2n) is 10.5. The first kappa shape index (κ1) is 25.9. The number of piperidine rings is 2. The van der Waals surface area contributed by atoms with Crippen molar-refractivity contribution in [1.29, 1.82) is 0 Å². The number of hydrogen-bond donors (Lipinski definition) is 2. The number of rotatable bonds is 4. The lowest BCUT2D eigenvalue weighted by molar-refractivity contribution is 0.0330. The van der Waals surface area contributed by atoms with Gasteiger partial charge in [0.05, 0.1) is 17.6 Å². The largest absolute Gasteiger partial charge is 0.395 e. The molecule has 6 heterocycles. The molecule has 0 amide bonds. The summed E-state index contributed by atoms with van der Waals surface area (Å²) in [6.45, 7) is 5.16. The highest BCUT2D eigenvalue weighted by Crippen LogP contribution is 2.40. The van der Waals surface area contributed by atoms with Gasteiger partial charge in [0, 0.05) is 73.4 Å². The first-order chi connectivity index (χ1) is 18.8. The van der Waals surface area contributed by atoms with Crippen molar-refractivity contribution in [3.63, 3.8) is 0 Å². The Morgan fingerprint density at radius 2 is 1.92 bits per heavy atom. The van der Waals surface area contributed by atoms with Crippen LogP contribution in [0.4, 0.5) is 17.2 Å². The van der Waals surface area contributed by atoms with E-state index < -0.39 is 0 Å². The number of hydrogen-bond acceptors (Lipinski definition) is 9. The maximum atomic E-state index is 9.18. The molecule has 7 rings (SSSR count). The van der Waals surface area contributed by atoms with E-state index >= 15 is 0 Å². The minimum atomic E-state index is 0.162. The number of benzene rings is 1. The molecule has 4 aliphatic heterocycles. The van der Waals surface area contributed by atoms with Gasteiger partial charge in [0.1, 0.15) is 10.8 Å². The van der Waals surface area contributed by atoms with Gasteiger partial charge in [-0.15, -0.1) is 11.3 Å². The Morgan fingerprint density at radius 1 is 1.03 bits per heavy atom. The summed E-state index contributed by atoms with van der Waals surface area (Å²) in [6, 6.07) is 10.9. The minimum Gasteiger partial charge on any atom is -0.395 e. The molecule has 2 fully saturated rings. The molecule has 9 heteroatoms. The van der Waals surface area contributed by atoms with Gasteiger partial charge in [0.2, 0.25) is 0 Å². The Bertz CT molecular complexity index is 1210. The fourth-order valence-corrected chi connectivity index (χ4v) is 7.33. The summed E-state index contributed by atoms with van der Waals surface area (Å²) in [4.78, 5) is 15.8. The standard InChI is InChI=1S/C29H37N5O2S2/c35-14-16-37-32-23-5-6-25-26(18-23)33-12-8-24(9-13-33)36-15-2-4-21-3-1-11-34(20-21)28-17-22(7-10-30-28)29-31-19-27(25)38-29/h5-7,10,17-19,21,24,32,35H,1-4,8-9,11-16,20H2. The van der Waals surface area contributed by atoms with Crippen LogP contribution in [0.15, 0.2) is 42.7 Å². The summed E-state index contributed by atoms with van der Waals surface area (Å²) in [6.07, 6.45) is 11.3. The van der Waals surface area contributed by atoms with Gasteiger partial charge in [0.25, 0.3) is 0 Å². The highest BCUT2D eigenvalue weighted by molar-refractivity contribution is 8.00. The van der Waals surface area contributed by atoms with Crippen molar-refractivity contribution in [1.82, 2.24) is 9.97 Å². The summed E-state index contributed by atoms with van der Waals surface area (Å²) < 4.78 is 9.76. The van der Waals surface area contributed by atoms with Crippen molar-refractivity contribution in [3.05, 3.63) is 42.7 Å². The smallest absolute Gasteiger partial charge is 0.129 e. The Morgan fingerprint density at radius 3 is 2.82 bits per heavy atom. The molecule has 0 aliphatic carbocycles. The highest BCUT2D eigenvalue weighted by Gasteiger charge is 2.25. The van der Waals surface area contributed by atoms with Crippen LogP contribution in [0.1, 0.15) is 38.5 Å². The van der Waals surface area contributed by atoms with Crippen molar-refractivity contribution < 1.29 is 9.84 Å². The molecule has 3 aromatic rings. The first-order valence-electron chi connectivity index (χ1n) is 13.9. The molecule has 7 nitrogen and oxygen atoms in total. The van der Waals surface area contributed by atoms with Crippen molar-refractivity contribution in [2.24, 2.45) is 5.92 Å². The number of aliphatic hydroxyl groups excluding tert-OH is 1. The quantitative estimate of drug-likeness (QED) is 0.306. The van der Waals surface area contributed by atoms with Crippen molar-refractivity contribution in [3.8, 4) is 21.0 Å². The molecule has 4 aliphatic rings. The Labute approximate surface area is 233 Å². The van der Waals surface area contributed by atoms with Gasteiger partial charge in [0.15, 0.2) is 0 Å². The van der Waals surface area contributed by atoms with Gasteiger partial charge in [-0.05, 0) is 74.8 Å². The molecule has 0 radical (unpaired) electrons. The van der Waals surface area contributed by atoms with Crippen LogP contribution in [0.5, 0.6) is 0 Å². The van der Waals surface area contributed by atoms with E-state index in [1.54, 1.807) is 11.3 Å². The third-order valence-electron chi connectivity index (χ3n) is 7.88. The molecule has 2 saturated heterocycles. The van der Waals surface area contributed by atoms with Crippen LogP contribution in [0, 0.1) is 5.92 Å². The van der Waals surface area contributed by atoms with E-state index in [1.165, 1.54) is 47.3 Å². The zero-order valence-corrected chi connectivity index (χ0v) is 23.5. The maximum Gasteiger partial charge on any atom is 0.129 e. The van der Waals surface area contributed by atoms with Gasteiger partial charge < -0.3 is 24.4 Å². The minimum absolute atomic E-state index is 0.162. The number of ether oxygens (including phenoxy) is 1. The van der Waals surface area contributed by atoms with Crippen LogP contribution in [0.3, 0.4) is 0 Å². The van der Waals surface area contributed by atoms with E-state index in [9.17, 15) is 5.11 Å². The zero-order valence-electron chi connectivity index (χ0n) is 21.8. The van der Waals surface area contributed by atoms with Crippen LogP contribution in [-0.2, 0) is 4.74 Å². The van der Waals surface area contributed by atoms with Gasteiger partial charge in [-0.25, -0.2) is 9.97 Å². The lowest BCUT2D eigenvalue weighted by Gasteiger charge is -2.35. The van der Waals surface area contributed by atoms with E-state index in [-0.39, 0.29) is 6.61 Å². The van der Waals surface area contributed by atoms with E-state index in [0.29, 0.717) is 17.8 Å². The third kappa shape index (κ3) is 5.96. The third-order valence-corrected chi connectivity index (χ3v) is 9.73. The molecule has 38 heavy (non-hydrogen) atoms. The lowest BCUT2D eigenvalue weighted by atomic mass is 9.93. The van der Waals surface area contributed by atoms with Crippen molar-refractivity contribution in [2.45, 2.75) is 44.6 Å². The van der Waals surface area contributed by atoms with Crippen molar-refractivity contribution in [2.75, 3.05) is 59.7 Å². The van der Waals surface area contributed by atoms with E-state index in [0.717, 1.165) is 74.1 Å². The average molecular weight is 552 g/mol. The average Bonchev–Trinajstić information content (AvgIpc) is 3.46. The molecule has 1 unspecified atom stereocenters. The molecular formula is C29H37N5O2S2. The number of nitrogens with zero attached hydrogens (tertiary/aromatic N) is 4. The monoisotopic (exact) mass is 551 g/mol. The first-order valence-corrected chi connectivity index (χ1v) is 15.7. The van der Waals surface area contributed by atoms with Crippen molar-refractivity contribution >= 4 is 40.5 Å². The number of thiazole rings is 1. The van der Waals surface area contributed by atoms with Crippen LogP contribution >= 0.6 is 23.3 Å². The van der Waals surface area contributed by atoms with E-state index in [2.05, 4.69) is 44.9 Å². The summed E-state index contributed by atoms with van der Waals surface area (Å²) in [7, 11) is 0. The van der Waals surface area contributed by atoms with Gasteiger partial charge in [-0.2, -0.15) is 0 Å². The Balaban J connectivity index is 1.34. The van der Waals surface area contributed by atoms with Crippen LogP contribution in [0.25, 0.3) is 21.0 Å². The topological polar surface area (TPSA) is 73.8 Å². The summed E-state index contributed by atoms with van der Waals surface area (Å²) in [5, 5.41) is 10.2. The second-order valence-corrected chi connectivity index (χ2v) is 12.4. The van der Waals surface area contributed by atoms with E-state index in [4.69, 9.17) is 14.7 Å². The molecular weight excluding hydrogens is 514 g/mol. The fourth-order valence-electron chi connectivity index (χ4n) is 5.90. The zero-order chi connectivity index (χ0) is 25.7. The van der Waals surface area contributed by atoms with E-state index in [1.807, 2.05) is 12.4 Å². The molecule has 1 atom stereocenters. The molecule has 0 spiro atoms.